The highest BCUT2D eigenvalue weighted by molar-refractivity contribution is 5.89. The maximum atomic E-state index is 12.0. The van der Waals surface area contributed by atoms with E-state index in [9.17, 15) is 14.7 Å². The quantitative estimate of drug-likeness (QED) is 0.749. The summed E-state index contributed by atoms with van der Waals surface area (Å²) in [5, 5.41) is 12.1. The van der Waals surface area contributed by atoms with Crippen molar-refractivity contribution in [2.75, 3.05) is 13.1 Å². The molecule has 110 valence electrons. The van der Waals surface area contributed by atoms with Gasteiger partial charge in [0.2, 0.25) is 11.8 Å². The van der Waals surface area contributed by atoms with Gasteiger partial charge in [0, 0.05) is 25.6 Å². The summed E-state index contributed by atoms with van der Waals surface area (Å²) in [7, 11) is 0. The molecule has 1 fully saturated rings. The number of carbonyl (C=O) groups excluding carboxylic acids is 2. The SMILES string of the molecule is CC(C)CN1CC(C(=O)NC(C)CC(C)O)CC1=O. The second-order valence-corrected chi connectivity index (χ2v) is 6.09. The first-order valence-electron chi connectivity index (χ1n) is 7.05. The van der Waals surface area contributed by atoms with Crippen LogP contribution in [0, 0.1) is 11.8 Å². The second-order valence-electron chi connectivity index (χ2n) is 6.09. The molecule has 0 bridgehead atoms. The molecule has 1 rings (SSSR count). The molecule has 0 aromatic heterocycles. The average Bonchev–Trinajstić information content (AvgIpc) is 2.58. The third kappa shape index (κ3) is 5.19. The molecule has 3 unspecified atom stereocenters. The molecule has 0 aromatic rings. The largest absolute Gasteiger partial charge is 0.393 e. The van der Waals surface area contributed by atoms with Crippen molar-refractivity contribution in [1.82, 2.24) is 10.2 Å². The van der Waals surface area contributed by atoms with Gasteiger partial charge in [-0.25, -0.2) is 0 Å². The minimum Gasteiger partial charge on any atom is -0.393 e. The number of amides is 2. The van der Waals surface area contributed by atoms with E-state index in [1.807, 2.05) is 6.92 Å². The summed E-state index contributed by atoms with van der Waals surface area (Å²) in [6.45, 7) is 8.92. The summed E-state index contributed by atoms with van der Waals surface area (Å²) in [6.07, 6.45) is 0.403. The molecular weight excluding hydrogens is 244 g/mol. The Balaban J connectivity index is 2.44. The highest BCUT2D eigenvalue weighted by Crippen LogP contribution is 2.19. The number of likely N-dealkylation sites (tertiary alicyclic amines) is 1. The predicted molar refractivity (Wildman–Crippen MR) is 73.4 cm³/mol. The number of hydrogen-bond donors (Lipinski definition) is 2. The van der Waals surface area contributed by atoms with Gasteiger partial charge in [-0.15, -0.1) is 0 Å². The monoisotopic (exact) mass is 270 g/mol. The standard InChI is InChI=1S/C14H26N2O3/c1-9(2)7-16-8-12(6-13(16)18)14(19)15-10(3)5-11(4)17/h9-12,17H,5-8H2,1-4H3,(H,15,19). The Bertz CT molecular complexity index is 329. The molecule has 2 amide bonds. The maximum absolute atomic E-state index is 12.0. The van der Waals surface area contributed by atoms with Crippen molar-refractivity contribution in [2.45, 2.75) is 52.7 Å². The predicted octanol–water partition coefficient (Wildman–Crippen LogP) is 0.766. The topological polar surface area (TPSA) is 69.6 Å². The molecule has 5 heteroatoms. The van der Waals surface area contributed by atoms with Crippen molar-refractivity contribution < 1.29 is 14.7 Å². The zero-order chi connectivity index (χ0) is 14.6. The molecular formula is C14H26N2O3. The lowest BCUT2D eigenvalue weighted by atomic mass is 10.1. The first kappa shape index (κ1) is 16.0. The third-order valence-corrected chi connectivity index (χ3v) is 3.25. The van der Waals surface area contributed by atoms with Gasteiger partial charge in [0.15, 0.2) is 0 Å². The molecule has 0 radical (unpaired) electrons. The number of aliphatic hydroxyl groups excluding tert-OH is 1. The van der Waals surface area contributed by atoms with Crippen LogP contribution in [0.5, 0.6) is 0 Å². The van der Waals surface area contributed by atoms with E-state index in [0.717, 1.165) is 0 Å². The molecule has 1 saturated heterocycles. The first-order chi connectivity index (χ1) is 8.79. The van der Waals surface area contributed by atoms with E-state index in [0.29, 0.717) is 31.8 Å². The van der Waals surface area contributed by atoms with Crippen molar-refractivity contribution in [3.8, 4) is 0 Å². The van der Waals surface area contributed by atoms with E-state index in [1.165, 1.54) is 0 Å². The fourth-order valence-electron chi connectivity index (χ4n) is 2.50. The summed E-state index contributed by atoms with van der Waals surface area (Å²) in [5.74, 6) is 0.160. The van der Waals surface area contributed by atoms with Crippen molar-refractivity contribution in [3.05, 3.63) is 0 Å². The molecule has 1 aliphatic heterocycles. The summed E-state index contributed by atoms with van der Waals surface area (Å²) in [5.41, 5.74) is 0. The average molecular weight is 270 g/mol. The Morgan fingerprint density at radius 2 is 2.05 bits per heavy atom. The lowest BCUT2D eigenvalue weighted by Crippen LogP contribution is -2.39. The van der Waals surface area contributed by atoms with E-state index < -0.39 is 6.10 Å². The summed E-state index contributed by atoms with van der Waals surface area (Å²) < 4.78 is 0. The minimum absolute atomic E-state index is 0.0667. The van der Waals surface area contributed by atoms with Crippen LogP contribution in [0.3, 0.4) is 0 Å². The maximum Gasteiger partial charge on any atom is 0.225 e. The fraction of sp³-hybridized carbons (Fsp3) is 0.857. The van der Waals surface area contributed by atoms with Gasteiger partial charge >= 0.3 is 0 Å². The Kier molecular flexibility index (Phi) is 5.79. The number of carbonyl (C=O) groups is 2. The van der Waals surface area contributed by atoms with E-state index in [1.54, 1.807) is 11.8 Å². The van der Waals surface area contributed by atoms with Crippen molar-refractivity contribution in [3.63, 3.8) is 0 Å². The van der Waals surface area contributed by atoms with Gasteiger partial charge in [-0.2, -0.15) is 0 Å². The molecule has 2 N–H and O–H groups in total. The Morgan fingerprint density at radius 3 is 2.58 bits per heavy atom. The van der Waals surface area contributed by atoms with Crippen molar-refractivity contribution >= 4 is 11.8 Å². The number of nitrogens with one attached hydrogen (secondary N) is 1. The van der Waals surface area contributed by atoms with E-state index >= 15 is 0 Å². The lowest BCUT2D eigenvalue weighted by Gasteiger charge is -2.20. The first-order valence-corrected chi connectivity index (χ1v) is 7.05. The van der Waals surface area contributed by atoms with Crippen LogP contribution in [0.15, 0.2) is 0 Å². The summed E-state index contributed by atoms with van der Waals surface area (Å²) >= 11 is 0. The van der Waals surface area contributed by atoms with Gasteiger partial charge in [0.05, 0.1) is 12.0 Å². The smallest absolute Gasteiger partial charge is 0.225 e. The van der Waals surface area contributed by atoms with Crippen LogP contribution >= 0.6 is 0 Å². The number of aliphatic hydroxyl groups is 1. The van der Waals surface area contributed by atoms with Gasteiger partial charge < -0.3 is 15.3 Å². The normalized spacial score (nSPS) is 22.7. The summed E-state index contributed by atoms with van der Waals surface area (Å²) in [6, 6.07) is -0.0678. The van der Waals surface area contributed by atoms with Crippen molar-refractivity contribution in [1.29, 1.82) is 0 Å². The third-order valence-electron chi connectivity index (χ3n) is 3.25. The Hall–Kier alpha value is -1.10. The molecule has 1 aliphatic rings. The Labute approximate surface area is 115 Å². The fourth-order valence-corrected chi connectivity index (χ4v) is 2.50. The molecule has 3 atom stereocenters. The van der Waals surface area contributed by atoms with Crippen LogP contribution in [-0.2, 0) is 9.59 Å². The van der Waals surface area contributed by atoms with Crippen LogP contribution in [0.25, 0.3) is 0 Å². The van der Waals surface area contributed by atoms with Crippen LogP contribution in [0.4, 0.5) is 0 Å². The van der Waals surface area contributed by atoms with Crippen LogP contribution in [0.2, 0.25) is 0 Å². The number of hydrogen-bond acceptors (Lipinski definition) is 3. The lowest BCUT2D eigenvalue weighted by molar-refractivity contribution is -0.129. The van der Waals surface area contributed by atoms with E-state index in [4.69, 9.17) is 0 Å². The van der Waals surface area contributed by atoms with Gasteiger partial charge in [-0.3, -0.25) is 9.59 Å². The van der Waals surface area contributed by atoms with Gasteiger partial charge in [-0.05, 0) is 26.2 Å². The molecule has 0 aromatic carbocycles. The molecule has 1 heterocycles. The highest BCUT2D eigenvalue weighted by atomic mass is 16.3. The van der Waals surface area contributed by atoms with E-state index in [-0.39, 0.29) is 23.8 Å². The van der Waals surface area contributed by atoms with Crippen LogP contribution in [-0.4, -0.2) is 47.1 Å². The van der Waals surface area contributed by atoms with Crippen molar-refractivity contribution in [2.24, 2.45) is 11.8 Å². The zero-order valence-corrected chi connectivity index (χ0v) is 12.3. The second kappa shape index (κ2) is 6.89. The number of rotatable bonds is 6. The van der Waals surface area contributed by atoms with E-state index in [2.05, 4.69) is 19.2 Å². The highest BCUT2D eigenvalue weighted by Gasteiger charge is 2.34. The molecule has 0 spiro atoms. The van der Waals surface area contributed by atoms with Gasteiger partial charge in [0.25, 0.3) is 0 Å². The molecule has 5 nitrogen and oxygen atoms in total. The van der Waals surface area contributed by atoms with Crippen LogP contribution in [0.1, 0.15) is 40.5 Å². The van der Waals surface area contributed by atoms with Gasteiger partial charge in [0.1, 0.15) is 0 Å². The minimum atomic E-state index is -0.432. The van der Waals surface area contributed by atoms with Crippen LogP contribution < -0.4 is 5.32 Å². The molecule has 0 saturated carbocycles. The zero-order valence-electron chi connectivity index (χ0n) is 12.3. The van der Waals surface area contributed by atoms with Gasteiger partial charge in [-0.1, -0.05) is 13.8 Å². The summed E-state index contributed by atoms with van der Waals surface area (Å²) in [4.78, 5) is 25.6. The molecule has 0 aliphatic carbocycles. The Morgan fingerprint density at radius 1 is 1.42 bits per heavy atom. The number of nitrogens with zero attached hydrogens (tertiary/aromatic N) is 1. The molecule has 19 heavy (non-hydrogen) atoms.